The molecule has 0 bridgehead atoms. The third kappa shape index (κ3) is 3.94. The second-order valence-corrected chi connectivity index (χ2v) is 9.62. The van der Waals surface area contributed by atoms with Crippen LogP contribution in [0.5, 0.6) is 11.5 Å². The molecule has 2 aliphatic rings. The Kier molecular flexibility index (Phi) is 5.43. The highest BCUT2D eigenvalue weighted by Crippen LogP contribution is 2.43. The number of halogens is 1. The highest BCUT2D eigenvalue weighted by Gasteiger charge is 2.25. The number of imidazole rings is 1. The van der Waals surface area contributed by atoms with Crippen molar-refractivity contribution in [3.05, 3.63) is 28.9 Å². The van der Waals surface area contributed by atoms with Crippen molar-refractivity contribution in [2.45, 2.75) is 36.4 Å². The van der Waals surface area contributed by atoms with Crippen LogP contribution in [0.1, 0.15) is 19.8 Å². The summed E-state index contributed by atoms with van der Waals surface area (Å²) in [6.07, 6.45) is 3.72. The van der Waals surface area contributed by atoms with Gasteiger partial charge in [0.1, 0.15) is 5.52 Å². The fourth-order valence-corrected chi connectivity index (χ4v) is 5.61. The lowest BCUT2D eigenvalue weighted by molar-refractivity contribution is -0.127. The molecule has 2 aromatic heterocycles. The van der Waals surface area contributed by atoms with Crippen LogP contribution in [0, 0.1) is 5.92 Å². The maximum Gasteiger partial charge on any atom is 0.231 e. The number of ether oxygens (including phenoxy) is 2. The van der Waals surface area contributed by atoms with Gasteiger partial charge in [-0.2, -0.15) is 0 Å². The van der Waals surface area contributed by atoms with Crippen molar-refractivity contribution < 1.29 is 14.3 Å². The second kappa shape index (κ2) is 8.23. The quantitative estimate of drug-likeness (QED) is 0.563. The van der Waals surface area contributed by atoms with E-state index in [2.05, 4.69) is 25.5 Å². The van der Waals surface area contributed by atoms with Gasteiger partial charge < -0.3 is 24.7 Å². The molecule has 0 saturated carbocycles. The number of carbonyl (C=O) groups excluding carboxylic acids is 1. The number of benzene rings is 1. The number of nitrogen functional groups attached to an aromatic ring is 1. The normalized spacial score (nSPS) is 17.6. The molecule has 1 unspecified atom stereocenters. The number of nitrogens with zero attached hydrogens (tertiary/aromatic N) is 4. The zero-order chi connectivity index (χ0) is 21.5. The second-order valence-electron chi connectivity index (χ2n) is 7.76. The third-order valence-corrected chi connectivity index (χ3v) is 7.75. The zero-order valence-corrected chi connectivity index (χ0v) is 19.4. The van der Waals surface area contributed by atoms with Gasteiger partial charge in [0, 0.05) is 42.1 Å². The zero-order valence-electron chi connectivity index (χ0n) is 17.0. The number of fused-ring (bicyclic) bond motifs is 2. The largest absolute Gasteiger partial charge is 0.454 e. The molecule has 4 heterocycles. The van der Waals surface area contributed by atoms with E-state index in [4.69, 9.17) is 20.2 Å². The molecule has 0 radical (unpaired) electrons. The molecule has 2 N–H and O–H groups in total. The first kappa shape index (κ1) is 20.4. The van der Waals surface area contributed by atoms with Crippen LogP contribution < -0.4 is 15.2 Å². The van der Waals surface area contributed by atoms with Gasteiger partial charge in [0.2, 0.25) is 12.7 Å². The van der Waals surface area contributed by atoms with E-state index in [-0.39, 0.29) is 12.7 Å². The van der Waals surface area contributed by atoms with Crippen LogP contribution in [0.4, 0.5) is 5.82 Å². The minimum Gasteiger partial charge on any atom is -0.454 e. The minimum absolute atomic E-state index is 0.151. The average molecular weight is 504 g/mol. The lowest BCUT2D eigenvalue weighted by Crippen LogP contribution is -2.25. The molecule has 31 heavy (non-hydrogen) atoms. The molecule has 0 aliphatic carbocycles. The van der Waals surface area contributed by atoms with Gasteiger partial charge in [0.25, 0.3) is 0 Å². The number of anilines is 1. The van der Waals surface area contributed by atoms with Crippen molar-refractivity contribution in [3.8, 4) is 11.5 Å². The number of carbonyl (C=O) groups is 1. The number of likely N-dealkylation sites (tertiary alicyclic amines) is 1. The summed E-state index contributed by atoms with van der Waals surface area (Å²) in [5.41, 5.74) is 7.79. The van der Waals surface area contributed by atoms with Crippen LogP contribution in [0.15, 0.2) is 38.9 Å². The highest BCUT2D eigenvalue weighted by molar-refractivity contribution is 9.10. The topological polar surface area (TPSA) is 95.5 Å². The van der Waals surface area contributed by atoms with Gasteiger partial charge in [-0.1, -0.05) is 11.8 Å². The van der Waals surface area contributed by atoms with Gasteiger partial charge in [-0.05, 0) is 52.9 Å². The number of hydrogen-bond acceptors (Lipinski definition) is 7. The lowest BCUT2D eigenvalue weighted by Gasteiger charge is -2.15. The predicted molar refractivity (Wildman–Crippen MR) is 121 cm³/mol. The molecular formula is C21H22BrN5O3S. The molecule has 1 aromatic carbocycles. The van der Waals surface area contributed by atoms with E-state index in [1.807, 2.05) is 23.1 Å². The predicted octanol–water partition coefficient (Wildman–Crippen LogP) is 3.91. The van der Waals surface area contributed by atoms with E-state index in [0.29, 0.717) is 17.3 Å². The maximum atomic E-state index is 11.7. The van der Waals surface area contributed by atoms with Gasteiger partial charge >= 0.3 is 0 Å². The molecule has 8 nitrogen and oxygen atoms in total. The summed E-state index contributed by atoms with van der Waals surface area (Å²) in [7, 11) is 0. The monoisotopic (exact) mass is 503 g/mol. The van der Waals surface area contributed by atoms with Crippen LogP contribution in [-0.2, 0) is 11.3 Å². The first-order valence-corrected chi connectivity index (χ1v) is 11.7. The Morgan fingerprint density at radius 1 is 1.35 bits per heavy atom. The Morgan fingerprint density at radius 2 is 2.16 bits per heavy atom. The first-order valence-electron chi connectivity index (χ1n) is 10.1. The fraction of sp³-hybridized carbons (Fsp3) is 0.381. The summed E-state index contributed by atoms with van der Waals surface area (Å²) in [6, 6.07) is 5.83. The molecule has 1 saturated heterocycles. The van der Waals surface area contributed by atoms with E-state index in [1.54, 1.807) is 24.9 Å². The Balaban J connectivity index is 1.44. The van der Waals surface area contributed by atoms with Crippen LogP contribution in [-0.4, -0.2) is 45.2 Å². The standard InChI is InChI=1S/C21H22BrN5O3S/c1-12(28)26-6-3-13(10-26)4-7-27-15-2-5-24-20(23)19(15)25-21(27)31-18-9-17-16(8-14(18)22)29-11-30-17/h2,5,8-9,13H,3-4,6-7,10-11H2,1H3,(H2,23,24). The summed E-state index contributed by atoms with van der Waals surface area (Å²) in [4.78, 5) is 23.6. The molecule has 0 spiro atoms. The van der Waals surface area contributed by atoms with E-state index in [1.165, 1.54) is 0 Å². The van der Waals surface area contributed by atoms with E-state index in [0.717, 1.165) is 64.0 Å². The van der Waals surface area contributed by atoms with Gasteiger partial charge in [-0.3, -0.25) is 4.79 Å². The Bertz CT molecular complexity index is 1170. The Labute approximate surface area is 192 Å². The van der Waals surface area contributed by atoms with Gasteiger partial charge in [-0.25, -0.2) is 9.97 Å². The maximum absolute atomic E-state index is 11.7. The number of aryl methyl sites for hydroxylation is 1. The number of nitrogens with two attached hydrogens (primary N) is 1. The minimum atomic E-state index is 0.151. The van der Waals surface area contributed by atoms with Crippen LogP contribution in [0.3, 0.4) is 0 Å². The Morgan fingerprint density at radius 3 is 2.94 bits per heavy atom. The van der Waals surface area contributed by atoms with Crippen molar-refractivity contribution in [1.29, 1.82) is 0 Å². The fourth-order valence-electron chi connectivity index (χ4n) is 4.09. The number of aromatic nitrogens is 3. The van der Waals surface area contributed by atoms with Crippen molar-refractivity contribution in [1.82, 2.24) is 19.4 Å². The van der Waals surface area contributed by atoms with Crippen LogP contribution in [0.25, 0.3) is 11.0 Å². The molecule has 5 rings (SSSR count). The lowest BCUT2D eigenvalue weighted by atomic mass is 10.1. The summed E-state index contributed by atoms with van der Waals surface area (Å²) >= 11 is 5.19. The SMILES string of the molecule is CC(=O)N1CCC(CCn2c(Sc3cc4c(cc3Br)OCO4)nc3c(N)nccc32)C1. The molecule has 1 amide bonds. The number of rotatable bonds is 5. The van der Waals surface area contributed by atoms with E-state index >= 15 is 0 Å². The molecule has 162 valence electrons. The molecule has 10 heteroatoms. The van der Waals surface area contributed by atoms with Crippen molar-refractivity contribution in [2.75, 3.05) is 25.6 Å². The van der Waals surface area contributed by atoms with Gasteiger partial charge in [0.15, 0.2) is 22.5 Å². The molecular weight excluding hydrogens is 482 g/mol. The number of hydrogen-bond donors (Lipinski definition) is 1. The Hall–Kier alpha value is -2.46. The van der Waals surface area contributed by atoms with Crippen LogP contribution in [0.2, 0.25) is 0 Å². The number of amides is 1. The first-order chi connectivity index (χ1) is 15.0. The van der Waals surface area contributed by atoms with Crippen molar-refractivity contribution in [3.63, 3.8) is 0 Å². The van der Waals surface area contributed by atoms with E-state index < -0.39 is 0 Å². The molecule has 3 aromatic rings. The summed E-state index contributed by atoms with van der Waals surface area (Å²) in [6.45, 7) is 4.32. The van der Waals surface area contributed by atoms with Gasteiger partial charge in [-0.15, -0.1) is 0 Å². The molecule has 1 fully saturated rings. The molecule has 1 atom stereocenters. The molecule has 2 aliphatic heterocycles. The van der Waals surface area contributed by atoms with Crippen molar-refractivity contribution >= 4 is 50.5 Å². The van der Waals surface area contributed by atoms with Crippen LogP contribution >= 0.6 is 27.7 Å². The smallest absolute Gasteiger partial charge is 0.231 e. The summed E-state index contributed by atoms with van der Waals surface area (Å²) in [5, 5.41) is 0.843. The summed E-state index contributed by atoms with van der Waals surface area (Å²) < 4.78 is 14.1. The summed E-state index contributed by atoms with van der Waals surface area (Å²) in [5.74, 6) is 2.51. The number of pyridine rings is 1. The van der Waals surface area contributed by atoms with Gasteiger partial charge in [0.05, 0.1) is 5.52 Å². The third-order valence-electron chi connectivity index (χ3n) is 5.78. The highest BCUT2D eigenvalue weighted by atomic mass is 79.9. The van der Waals surface area contributed by atoms with E-state index in [9.17, 15) is 4.79 Å². The average Bonchev–Trinajstić information content (AvgIpc) is 3.46. The van der Waals surface area contributed by atoms with Crippen molar-refractivity contribution in [2.24, 2.45) is 5.92 Å².